The van der Waals surface area contributed by atoms with Crippen molar-refractivity contribution in [3.63, 3.8) is 0 Å². The van der Waals surface area contributed by atoms with Crippen LogP contribution in [0.1, 0.15) is 26.7 Å². The topological polar surface area (TPSA) is 66.2 Å². The van der Waals surface area contributed by atoms with Crippen molar-refractivity contribution in [3.8, 4) is 0 Å². The van der Waals surface area contributed by atoms with Crippen molar-refractivity contribution in [2.45, 2.75) is 32.4 Å². The third-order valence-electron chi connectivity index (χ3n) is 2.44. The minimum absolute atomic E-state index is 0.325. The molecule has 74 valence electrons. The minimum atomic E-state index is -0.635. The Labute approximate surface area is 82.0 Å². The van der Waals surface area contributed by atoms with Gasteiger partial charge < -0.3 is 5.32 Å². The number of carbonyl (C=O) groups is 1. The maximum atomic E-state index is 11.1. The molecular formula is C9H12N4O. The van der Waals surface area contributed by atoms with Gasteiger partial charge >= 0.3 is 6.03 Å². The van der Waals surface area contributed by atoms with E-state index in [1.165, 1.54) is 0 Å². The summed E-state index contributed by atoms with van der Waals surface area (Å²) in [6.45, 7) is 3.95. The molecule has 0 aromatic rings. The van der Waals surface area contributed by atoms with Crippen molar-refractivity contribution in [1.29, 1.82) is 0 Å². The fourth-order valence-electron chi connectivity index (χ4n) is 1.60. The van der Waals surface area contributed by atoms with Crippen LogP contribution in [-0.4, -0.2) is 29.5 Å². The van der Waals surface area contributed by atoms with Crippen LogP contribution in [0.25, 0.3) is 0 Å². The van der Waals surface area contributed by atoms with Crippen molar-refractivity contribution in [2.75, 3.05) is 0 Å². The van der Waals surface area contributed by atoms with Gasteiger partial charge in [-0.05, 0) is 6.42 Å². The van der Waals surface area contributed by atoms with E-state index in [4.69, 9.17) is 0 Å². The number of urea groups is 1. The van der Waals surface area contributed by atoms with Crippen molar-refractivity contribution in [3.05, 3.63) is 0 Å². The van der Waals surface area contributed by atoms with E-state index in [2.05, 4.69) is 20.3 Å². The molecule has 14 heavy (non-hydrogen) atoms. The maximum absolute atomic E-state index is 11.1. The molecule has 2 aliphatic rings. The molecule has 0 aliphatic carbocycles. The molecule has 0 aromatic carbocycles. The fourth-order valence-corrected chi connectivity index (χ4v) is 1.60. The first-order valence-corrected chi connectivity index (χ1v) is 4.74. The predicted molar refractivity (Wildman–Crippen MR) is 55.2 cm³/mol. The molecule has 1 atom stereocenters. The van der Waals surface area contributed by atoms with E-state index in [1.54, 1.807) is 6.21 Å². The highest BCUT2D eigenvalue weighted by Gasteiger charge is 2.41. The van der Waals surface area contributed by atoms with Crippen LogP contribution in [-0.2, 0) is 0 Å². The third kappa shape index (κ3) is 1.16. The normalized spacial score (nSPS) is 29.4. The van der Waals surface area contributed by atoms with Crippen LogP contribution in [0.4, 0.5) is 4.79 Å². The Morgan fingerprint density at radius 3 is 2.93 bits per heavy atom. The van der Waals surface area contributed by atoms with E-state index in [-0.39, 0.29) is 6.03 Å². The number of hydrogen-bond acceptors (Lipinski definition) is 3. The molecule has 5 heteroatoms. The Morgan fingerprint density at radius 2 is 2.29 bits per heavy atom. The molecule has 1 unspecified atom stereocenters. The highest BCUT2D eigenvalue weighted by atomic mass is 16.2. The fraction of sp³-hybridized carbons (Fsp3) is 0.556. The number of nitrogens with one attached hydrogen (secondary N) is 1. The summed E-state index contributed by atoms with van der Waals surface area (Å²) < 4.78 is 0. The summed E-state index contributed by atoms with van der Waals surface area (Å²) in [6.07, 6.45) is 3.10. The summed E-state index contributed by atoms with van der Waals surface area (Å²) in [7, 11) is 0. The van der Waals surface area contributed by atoms with E-state index < -0.39 is 5.66 Å². The molecular weight excluding hydrogens is 180 g/mol. The van der Waals surface area contributed by atoms with Gasteiger partial charge in [-0.2, -0.15) is 4.99 Å². The number of aliphatic imine (C=N–C) groups is 3. The van der Waals surface area contributed by atoms with Crippen LogP contribution in [0.2, 0.25) is 0 Å². The Morgan fingerprint density at radius 1 is 1.50 bits per heavy atom. The summed E-state index contributed by atoms with van der Waals surface area (Å²) in [6, 6.07) is -0.325. The average molecular weight is 192 g/mol. The number of hydrogen-bond donors (Lipinski definition) is 1. The highest BCUT2D eigenvalue weighted by Crippen LogP contribution is 2.22. The Bertz CT molecular complexity index is 369. The van der Waals surface area contributed by atoms with Crippen molar-refractivity contribution < 1.29 is 4.79 Å². The lowest BCUT2D eigenvalue weighted by Crippen LogP contribution is -2.49. The first-order valence-electron chi connectivity index (χ1n) is 4.74. The lowest BCUT2D eigenvalue weighted by molar-refractivity contribution is 0.246. The van der Waals surface area contributed by atoms with Gasteiger partial charge in [0, 0.05) is 6.42 Å². The number of amides is 2. The summed E-state index contributed by atoms with van der Waals surface area (Å²) >= 11 is 0. The smallest absolute Gasteiger partial charge is 0.306 e. The second-order valence-electron chi connectivity index (χ2n) is 3.28. The molecule has 0 radical (unpaired) electrons. The van der Waals surface area contributed by atoms with Crippen molar-refractivity contribution in [2.24, 2.45) is 15.0 Å². The second kappa shape index (κ2) is 3.01. The van der Waals surface area contributed by atoms with Crippen LogP contribution in [0, 0.1) is 0 Å². The SMILES string of the molecule is CCC1=NC2(CC)NC(=O)N=C2C=N1. The van der Waals surface area contributed by atoms with Crippen molar-refractivity contribution >= 4 is 23.8 Å². The molecule has 2 amide bonds. The van der Waals surface area contributed by atoms with E-state index in [0.29, 0.717) is 12.1 Å². The largest absolute Gasteiger partial charge is 0.343 e. The van der Waals surface area contributed by atoms with Crippen LogP contribution >= 0.6 is 0 Å². The van der Waals surface area contributed by atoms with E-state index in [9.17, 15) is 4.79 Å². The van der Waals surface area contributed by atoms with E-state index in [1.807, 2.05) is 13.8 Å². The van der Waals surface area contributed by atoms with E-state index in [0.717, 1.165) is 12.3 Å². The van der Waals surface area contributed by atoms with Crippen LogP contribution < -0.4 is 5.32 Å². The summed E-state index contributed by atoms with van der Waals surface area (Å²) in [5, 5.41) is 2.76. The summed E-state index contributed by atoms with van der Waals surface area (Å²) in [4.78, 5) is 23.5. The zero-order valence-electron chi connectivity index (χ0n) is 8.24. The molecule has 0 aromatic heterocycles. The Balaban J connectivity index is 2.43. The zero-order chi connectivity index (χ0) is 10.2. The predicted octanol–water partition coefficient (Wildman–Crippen LogP) is 1.15. The number of amidine groups is 1. The first-order chi connectivity index (χ1) is 6.70. The zero-order valence-corrected chi connectivity index (χ0v) is 8.24. The number of nitrogens with zero attached hydrogens (tertiary/aromatic N) is 3. The van der Waals surface area contributed by atoms with Gasteiger partial charge in [0.2, 0.25) is 0 Å². The van der Waals surface area contributed by atoms with Crippen LogP contribution in [0.5, 0.6) is 0 Å². The van der Waals surface area contributed by atoms with Gasteiger partial charge in [0.05, 0.1) is 6.21 Å². The van der Waals surface area contributed by atoms with E-state index >= 15 is 0 Å². The molecule has 2 aliphatic heterocycles. The van der Waals surface area contributed by atoms with Gasteiger partial charge in [-0.15, -0.1) is 0 Å². The maximum Gasteiger partial charge on any atom is 0.343 e. The highest BCUT2D eigenvalue weighted by molar-refractivity contribution is 6.41. The average Bonchev–Trinajstić information content (AvgIpc) is 2.53. The number of fused-ring (bicyclic) bond motifs is 1. The number of rotatable bonds is 2. The van der Waals surface area contributed by atoms with Gasteiger partial charge in [0.25, 0.3) is 0 Å². The van der Waals surface area contributed by atoms with Crippen molar-refractivity contribution in [1.82, 2.24) is 5.32 Å². The summed E-state index contributed by atoms with van der Waals surface area (Å²) in [5.41, 5.74) is -0.00771. The molecule has 0 saturated carbocycles. The molecule has 2 rings (SSSR count). The molecule has 0 fully saturated rings. The van der Waals surface area contributed by atoms with Gasteiger partial charge in [-0.1, -0.05) is 13.8 Å². The second-order valence-corrected chi connectivity index (χ2v) is 3.28. The Hall–Kier alpha value is -1.52. The van der Waals surface area contributed by atoms with Gasteiger partial charge in [0.1, 0.15) is 11.5 Å². The third-order valence-corrected chi connectivity index (χ3v) is 2.44. The summed E-state index contributed by atoms with van der Waals surface area (Å²) in [5.74, 6) is 0.757. The van der Waals surface area contributed by atoms with Crippen LogP contribution in [0.3, 0.4) is 0 Å². The Kier molecular flexibility index (Phi) is 1.94. The molecule has 2 heterocycles. The van der Waals surface area contributed by atoms with Gasteiger partial charge in [-0.25, -0.2) is 14.8 Å². The monoisotopic (exact) mass is 192 g/mol. The van der Waals surface area contributed by atoms with Gasteiger partial charge in [-0.3, -0.25) is 0 Å². The first kappa shape index (κ1) is 9.05. The minimum Gasteiger partial charge on any atom is -0.306 e. The molecule has 0 spiro atoms. The quantitative estimate of drug-likeness (QED) is 0.700. The van der Waals surface area contributed by atoms with Gasteiger partial charge in [0.15, 0.2) is 5.66 Å². The lowest BCUT2D eigenvalue weighted by Gasteiger charge is -2.26. The molecule has 5 nitrogen and oxygen atoms in total. The standard InChI is InChI=1S/C9H12N4O/c1-3-7-10-5-6-9(4-2,12-7)13-8(14)11-6/h5H,3-4H2,1-2H3,(H,13,14). The molecule has 1 N–H and O–H groups in total. The lowest BCUT2D eigenvalue weighted by atomic mass is 10.0. The number of carbonyl (C=O) groups excluding carboxylic acids is 1. The molecule has 0 saturated heterocycles. The molecule has 0 bridgehead atoms. The van der Waals surface area contributed by atoms with Crippen LogP contribution in [0.15, 0.2) is 15.0 Å².